The normalized spacial score (nSPS) is 10.6. The highest BCUT2D eigenvalue weighted by Gasteiger charge is 2.21. The molecule has 0 amide bonds. The average Bonchev–Trinajstić information content (AvgIpc) is 3.33. The molecule has 3 N–H and O–H groups in total. The van der Waals surface area contributed by atoms with E-state index in [4.69, 9.17) is 19.3 Å². The van der Waals surface area contributed by atoms with E-state index in [-0.39, 0.29) is 41.2 Å². The molecule has 164 valence electrons. The molecule has 0 aliphatic carbocycles. The van der Waals surface area contributed by atoms with Gasteiger partial charge < -0.3 is 29.3 Å². The molecule has 4 aromatic heterocycles. The lowest BCUT2D eigenvalue weighted by Crippen LogP contribution is -2.10. The number of fused-ring (bicyclic) bond motifs is 2. The molecule has 0 aromatic carbocycles. The van der Waals surface area contributed by atoms with Crippen LogP contribution in [-0.4, -0.2) is 61.1 Å². The Bertz CT molecular complexity index is 1330. The van der Waals surface area contributed by atoms with Gasteiger partial charge in [-0.2, -0.15) is 10.2 Å². The van der Waals surface area contributed by atoms with Gasteiger partial charge in [0.1, 0.15) is 18.2 Å². The lowest BCUT2D eigenvalue weighted by molar-refractivity contribution is 0.0523. The molecule has 0 unspecified atom stereocenters. The molecule has 4 rings (SSSR count). The van der Waals surface area contributed by atoms with E-state index in [2.05, 4.69) is 20.2 Å². The second kappa shape index (κ2) is 9.13. The third kappa shape index (κ3) is 3.98. The number of methoxy groups -OCH3 is 2. The molecule has 31 heavy (non-hydrogen) atoms. The van der Waals surface area contributed by atoms with Crippen molar-refractivity contribution in [1.82, 2.24) is 29.2 Å². The molecule has 0 saturated heterocycles. The van der Waals surface area contributed by atoms with Crippen LogP contribution in [-0.2, 0) is 11.3 Å². The minimum Gasteiger partial charge on any atom is -0.494 e. The van der Waals surface area contributed by atoms with Gasteiger partial charge in [-0.3, -0.25) is 9.59 Å². The molecule has 0 aliphatic heterocycles. The summed E-state index contributed by atoms with van der Waals surface area (Å²) in [4.78, 5) is 39.5. The Hall–Kier alpha value is -4.13. The number of aromatic amines is 2. The number of carbonyl (C=O) groups excluding carboxylic acids is 1. The number of hydrogen-bond acceptors (Lipinski definition) is 9. The van der Waals surface area contributed by atoms with Crippen LogP contribution in [0, 0.1) is 0 Å². The van der Waals surface area contributed by atoms with Crippen molar-refractivity contribution < 1.29 is 24.1 Å². The van der Waals surface area contributed by atoms with Crippen molar-refractivity contribution in [3.8, 4) is 11.5 Å². The molecule has 0 atom stereocenters. The monoisotopic (exact) mass is 432 g/mol. The number of H-pyrrole nitrogens is 2. The summed E-state index contributed by atoms with van der Waals surface area (Å²) >= 11 is 0. The quantitative estimate of drug-likeness (QED) is 0.360. The van der Waals surface area contributed by atoms with Crippen molar-refractivity contribution in [3.05, 3.63) is 56.9 Å². The predicted octanol–water partition coefficient (Wildman–Crippen LogP) is -0.269. The molecule has 0 fully saturated rings. The molecule has 13 nitrogen and oxygen atoms in total. The van der Waals surface area contributed by atoms with E-state index in [0.717, 1.165) is 0 Å². The Morgan fingerprint density at radius 2 is 1.55 bits per heavy atom. The minimum absolute atomic E-state index is 0.165. The summed E-state index contributed by atoms with van der Waals surface area (Å²) in [6.45, 7) is 1.76. The molecule has 4 heterocycles. The second-order valence-electron chi connectivity index (χ2n) is 5.96. The Morgan fingerprint density at radius 1 is 1.00 bits per heavy atom. The molecule has 4 aromatic rings. The number of rotatable bonds is 5. The highest BCUT2D eigenvalue weighted by Crippen LogP contribution is 2.24. The van der Waals surface area contributed by atoms with Crippen LogP contribution >= 0.6 is 0 Å². The van der Waals surface area contributed by atoms with E-state index >= 15 is 0 Å². The van der Waals surface area contributed by atoms with Crippen molar-refractivity contribution in [2.75, 3.05) is 20.8 Å². The van der Waals surface area contributed by atoms with Gasteiger partial charge in [-0.05, 0) is 6.92 Å². The number of ether oxygens (including phenoxy) is 3. The lowest BCUT2D eigenvalue weighted by Gasteiger charge is -2.01. The van der Waals surface area contributed by atoms with Crippen molar-refractivity contribution in [3.63, 3.8) is 0 Å². The molecule has 13 heteroatoms. The topological polar surface area (TPSA) is 165 Å². The van der Waals surface area contributed by atoms with Crippen LogP contribution < -0.4 is 20.6 Å². The number of nitrogens with one attached hydrogen (secondary N) is 2. The number of hydrogen-bond donors (Lipinski definition) is 3. The number of aromatic nitrogens is 6. The van der Waals surface area contributed by atoms with Crippen LogP contribution in [0.1, 0.15) is 22.8 Å². The Kier molecular flexibility index (Phi) is 6.35. The maximum absolute atomic E-state index is 11.6. The van der Waals surface area contributed by atoms with Crippen molar-refractivity contribution >= 4 is 17.0 Å². The maximum Gasteiger partial charge on any atom is 0.343 e. The van der Waals surface area contributed by atoms with Gasteiger partial charge in [-0.1, -0.05) is 0 Å². The Morgan fingerprint density at radius 3 is 2.06 bits per heavy atom. The van der Waals surface area contributed by atoms with Crippen LogP contribution in [0.15, 0.2) is 34.6 Å². The first-order valence-corrected chi connectivity index (χ1v) is 8.99. The largest absolute Gasteiger partial charge is 0.494 e. The van der Waals surface area contributed by atoms with Gasteiger partial charge >= 0.3 is 5.97 Å². The standard InChI is InChI=1S/C10H11N3O4.C8H9N3O3/c1-3-17-10(15)6-4-13-7(8(6)16-2)9(14)11-5-12-13;1-14-7-5(3-12)2-11-6(7)8(13)9-4-10-11/h4-5H,3H2,1-2H3,(H,11,12,14);2,4,12H,3H2,1H3,(H,9,10,13). The summed E-state index contributed by atoms with van der Waals surface area (Å²) in [7, 11) is 2.82. The molecule has 0 radical (unpaired) electrons. The van der Waals surface area contributed by atoms with Gasteiger partial charge in [0.05, 0.1) is 27.4 Å². The molecule has 0 spiro atoms. The van der Waals surface area contributed by atoms with Crippen molar-refractivity contribution in [1.29, 1.82) is 0 Å². The second-order valence-corrected chi connectivity index (χ2v) is 5.96. The molecular weight excluding hydrogens is 412 g/mol. The van der Waals surface area contributed by atoms with Gasteiger partial charge in [-0.25, -0.2) is 13.8 Å². The zero-order valence-corrected chi connectivity index (χ0v) is 16.9. The van der Waals surface area contributed by atoms with Crippen LogP contribution in [0.4, 0.5) is 0 Å². The van der Waals surface area contributed by atoms with E-state index in [1.54, 1.807) is 13.1 Å². The third-order valence-electron chi connectivity index (χ3n) is 4.21. The van der Waals surface area contributed by atoms with Gasteiger partial charge in [0.25, 0.3) is 11.1 Å². The van der Waals surface area contributed by atoms with Crippen molar-refractivity contribution in [2.24, 2.45) is 0 Å². The highest BCUT2D eigenvalue weighted by molar-refractivity contribution is 5.95. The van der Waals surface area contributed by atoms with E-state index in [9.17, 15) is 14.4 Å². The molecular formula is C18H20N6O7. The lowest BCUT2D eigenvalue weighted by atomic mass is 10.3. The van der Waals surface area contributed by atoms with E-state index in [1.165, 1.54) is 42.1 Å². The zero-order chi connectivity index (χ0) is 22.5. The molecule has 0 bridgehead atoms. The summed E-state index contributed by atoms with van der Waals surface area (Å²) in [5.41, 5.74) is 0.524. The van der Waals surface area contributed by atoms with Crippen molar-refractivity contribution in [2.45, 2.75) is 13.5 Å². The van der Waals surface area contributed by atoms with E-state index < -0.39 is 5.97 Å². The third-order valence-corrected chi connectivity index (χ3v) is 4.21. The maximum atomic E-state index is 11.6. The van der Waals surface area contributed by atoms with Crippen LogP contribution in [0.5, 0.6) is 11.5 Å². The predicted molar refractivity (Wildman–Crippen MR) is 107 cm³/mol. The van der Waals surface area contributed by atoms with Crippen LogP contribution in [0.2, 0.25) is 0 Å². The zero-order valence-electron chi connectivity index (χ0n) is 16.9. The summed E-state index contributed by atoms with van der Waals surface area (Å²) in [6.07, 6.45) is 5.49. The smallest absolute Gasteiger partial charge is 0.343 e. The fourth-order valence-electron chi connectivity index (χ4n) is 2.94. The summed E-state index contributed by atoms with van der Waals surface area (Å²) in [5, 5.41) is 16.8. The first kappa shape index (κ1) is 21.6. The first-order valence-electron chi connectivity index (χ1n) is 8.99. The summed E-state index contributed by atoms with van der Waals surface area (Å²) < 4.78 is 17.6. The molecule has 0 aliphatic rings. The Balaban J connectivity index is 0.000000179. The summed E-state index contributed by atoms with van der Waals surface area (Å²) in [6, 6.07) is 0. The van der Waals surface area contributed by atoms with Gasteiger partial charge in [-0.15, -0.1) is 0 Å². The fourth-order valence-corrected chi connectivity index (χ4v) is 2.94. The SMILES string of the molecule is CCOC(=O)c1cn2nc[nH]c(=O)c2c1OC.COc1c(CO)cn2nc[nH]c(=O)c12. The minimum atomic E-state index is -0.547. The fraction of sp³-hybridized carbons (Fsp3) is 0.278. The van der Waals surface area contributed by atoms with Gasteiger partial charge in [0.15, 0.2) is 22.5 Å². The van der Waals surface area contributed by atoms with E-state index in [1.807, 2.05) is 0 Å². The number of nitrogens with zero attached hydrogens (tertiary/aromatic N) is 4. The van der Waals surface area contributed by atoms with Crippen LogP contribution in [0.3, 0.4) is 0 Å². The summed E-state index contributed by atoms with van der Waals surface area (Å²) in [5.74, 6) is -0.0195. The van der Waals surface area contributed by atoms with Gasteiger partial charge in [0.2, 0.25) is 0 Å². The number of aliphatic hydroxyl groups excluding tert-OH is 1. The number of esters is 1. The number of carbonyl (C=O) groups is 1. The first-order chi connectivity index (χ1) is 15.0. The highest BCUT2D eigenvalue weighted by atomic mass is 16.5. The average molecular weight is 432 g/mol. The van der Waals surface area contributed by atoms with E-state index in [0.29, 0.717) is 16.8 Å². The van der Waals surface area contributed by atoms with Crippen LogP contribution in [0.25, 0.3) is 11.0 Å². The Labute approximate surface area is 173 Å². The molecule has 0 saturated carbocycles. The number of aliphatic hydroxyl groups is 1. The van der Waals surface area contributed by atoms with Gasteiger partial charge in [0, 0.05) is 18.0 Å².